The molecule has 1 aliphatic heterocycles. The Kier molecular flexibility index (Phi) is 6.31. The van der Waals surface area contributed by atoms with E-state index >= 15 is 0 Å². The Morgan fingerprint density at radius 2 is 1.83 bits per heavy atom. The number of hydrogen-bond acceptors (Lipinski definition) is 4. The molecule has 1 saturated heterocycles. The van der Waals surface area contributed by atoms with Crippen LogP contribution in [0.3, 0.4) is 0 Å². The maximum atomic E-state index is 13.0. The quantitative estimate of drug-likeness (QED) is 0.691. The van der Waals surface area contributed by atoms with Gasteiger partial charge >= 0.3 is 0 Å². The van der Waals surface area contributed by atoms with Crippen LogP contribution < -0.4 is 5.32 Å². The van der Waals surface area contributed by atoms with Gasteiger partial charge in [0, 0.05) is 29.5 Å². The number of amides is 1. The molecule has 1 amide bonds. The second-order valence-corrected chi connectivity index (χ2v) is 11.2. The van der Waals surface area contributed by atoms with Crippen LogP contribution in [-0.4, -0.2) is 39.1 Å². The summed E-state index contributed by atoms with van der Waals surface area (Å²) < 4.78 is 0. The molecule has 5 heteroatoms. The van der Waals surface area contributed by atoms with Crippen LogP contribution in [0.2, 0.25) is 0 Å². The van der Waals surface area contributed by atoms with Crippen LogP contribution in [0.5, 0.6) is 0 Å². The van der Waals surface area contributed by atoms with Gasteiger partial charge in [0.15, 0.2) is 5.78 Å². The Morgan fingerprint density at radius 1 is 1.21 bits per heavy atom. The van der Waals surface area contributed by atoms with Crippen molar-refractivity contribution >= 4 is 11.7 Å². The van der Waals surface area contributed by atoms with E-state index in [-0.39, 0.29) is 34.7 Å². The molecule has 0 aromatic rings. The fourth-order valence-corrected chi connectivity index (χ4v) is 5.96. The lowest BCUT2D eigenvalue weighted by Gasteiger charge is -2.51. The third-order valence-corrected chi connectivity index (χ3v) is 7.65. The molecule has 0 radical (unpaired) electrons. The van der Waals surface area contributed by atoms with E-state index < -0.39 is 0 Å². The van der Waals surface area contributed by atoms with Crippen molar-refractivity contribution in [1.29, 1.82) is 0 Å². The summed E-state index contributed by atoms with van der Waals surface area (Å²) in [5.74, 6) is 2.64. The topological polar surface area (TPSA) is 69.6 Å². The third-order valence-electron chi connectivity index (χ3n) is 7.65. The van der Waals surface area contributed by atoms with Gasteiger partial charge in [-0.25, -0.2) is 0 Å². The molecule has 3 aliphatic rings. The molecule has 0 aromatic heterocycles. The van der Waals surface area contributed by atoms with Crippen LogP contribution in [0.15, 0.2) is 12.2 Å². The number of allylic oxidation sites excluding steroid dienone is 2. The monoisotopic (exact) mass is 404 g/mol. The zero-order valence-electron chi connectivity index (χ0n) is 19.1. The molecule has 164 valence electrons. The van der Waals surface area contributed by atoms with Crippen molar-refractivity contribution < 1.29 is 14.8 Å². The summed E-state index contributed by atoms with van der Waals surface area (Å²) in [6.45, 7) is 12.5. The molecule has 2 fully saturated rings. The Bertz CT molecular complexity index is 651. The van der Waals surface area contributed by atoms with Gasteiger partial charge in [-0.1, -0.05) is 19.9 Å². The first-order valence-electron chi connectivity index (χ1n) is 11.4. The fourth-order valence-electron chi connectivity index (χ4n) is 5.96. The molecule has 5 nitrogen and oxygen atoms in total. The Morgan fingerprint density at radius 3 is 2.38 bits per heavy atom. The number of hydrogen-bond donors (Lipinski definition) is 2. The van der Waals surface area contributed by atoms with Gasteiger partial charge < -0.3 is 10.5 Å². The summed E-state index contributed by atoms with van der Waals surface area (Å²) in [7, 11) is 0. The molecule has 0 aromatic carbocycles. The van der Waals surface area contributed by atoms with Gasteiger partial charge in [0.25, 0.3) is 0 Å². The van der Waals surface area contributed by atoms with Gasteiger partial charge in [-0.05, 0) is 89.5 Å². The number of rotatable bonds is 6. The van der Waals surface area contributed by atoms with Crippen molar-refractivity contribution in [2.75, 3.05) is 0 Å². The van der Waals surface area contributed by atoms with Crippen LogP contribution in [0.25, 0.3) is 0 Å². The van der Waals surface area contributed by atoms with Gasteiger partial charge in [0.1, 0.15) is 0 Å². The fraction of sp³-hybridized carbons (Fsp3) is 0.833. The van der Waals surface area contributed by atoms with Gasteiger partial charge in [0.05, 0.1) is 0 Å². The van der Waals surface area contributed by atoms with Crippen molar-refractivity contribution in [3.63, 3.8) is 0 Å². The van der Waals surface area contributed by atoms with Gasteiger partial charge in [0.2, 0.25) is 5.91 Å². The maximum absolute atomic E-state index is 13.0. The average Bonchev–Trinajstić information content (AvgIpc) is 3.41. The molecular weight excluding hydrogens is 364 g/mol. The largest absolute Gasteiger partial charge is 0.353 e. The van der Waals surface area contributed by atoms with Crippen molar-refractivity contribution in [3.8, 4) is 0 Å². The van der Waals surface area contributed by atoms with Gasteiger partial charge in [-0.15, -0.1) is 0 Å². The molecule has 5 unspecified atom stereocenters. The predicted octanol–water partition coefficient (Wildman–Crippen LogP) is 4.35. The number of carbonyl (C=O) groups excluding carboxylic acids is 2. The first-order valence-corrected chi connectivity index (χ1v) is 11.4. The molecule has 1 heterocycles. The molecule has 1 saturated carbocycles. The second kappa shape index (κ2) is 8.14. The first kappa shape index (κ1) is 22.5. The minimum Gasteiger partial charge on any atom is -0.353 e. The van der Waals surface area contributed by atoms with Crippen molar-refractivity contribution in [2.45, 2.75) is 97.2 Å². The molecule has 0 bridgehead atoms. The van der Waals surface area contributed by atoms with Crippen LogP contribution in [0.4, 0.5) is 0 Å². The van der Waals surface area contributed by atoms with E-state index in [2.05, 4.69) is 25.2 Å². The number of nitrogens with zero attached hydrogens (tertiary/aromatic N) is 1. The summed E-state index contributed by atoms with van der Waals surface area (Å²) in [5.41, 5.74) is -0.705. The van der Waals surface area contributed by atoms with E-state index in [1.54, 1.807) is 6.08 Å². The maximum Gasteiger partial charge on any atom is 0.223 e. The van der Waals surface area contributed by atoms with E-state index in [0.29, 0.717) is 30.1 Å². The zero-order valence-corrected chi connectivity index (χ0v) is 19.1. The summed E-state index contributed by atoms with van der Waals surface area (Å²) in [5, 5.41) is 15.2. The van der Waals surface area contributed by atoms with E-state index in [1.807, 2.05) is 27.7 Å². The Balaban J connectivity index is 1.50. The highest BCUT2D eigenvalue weighted by Crippen LogP contribution is 2.51. The minimum atomic E-state index is -0.353. The minimum absolute atomic E-state index is 0.0318. The van der Waals surface area contributed by atoms with Crippen LogP contribution >= 0.6 is 0 Å². The molecular formula is C24H40N2O3. The highest BCUT2D eigenvalue weighted by molar-refractivity contribution is 5.90. The molecule has 3 rings (SSSR count). The van der Waals surface area contributed by atoms with Crippen molar-refractivity contribution in [1.82, 2.24) is 10.4 Å². The summed E-state index contributed by atoms with van der Waals surface area (Å²) in [6, 6.07) is 0.0953. The molecule has 29 heavy (non-hydrogen) atoms. The lowest BCUT2D eigenvalue weighted by Crippen LogP contribution is -2.63. The number of ketones is 1. The third kappa shape index (κ3) is 5.11. The Hall–Kier alpha value is -1.20. The van der Waals surface area contributed by atoms with Crippen LogP contribution in [0, 0.1) is 29.6 Å². The zero-order chi connectivity index (χ0) is 21.6. The van der Waals surface area contributed by atoms with Crippen LogP contribution in [-0.2, 0) is 9.59 Å². The highest BCUT2D eigenvalue weighted by atomic mass is 16.5. The standard InChI is InChI=1S/C24H40N2O3/c1-15(11-17-7-9-19(27)10-8-17)20-12-21(20)16(2)22(28)25-18-13-23(3,4)26(29)24(5,6)14-18/h7,9,15-18,20-21,29H,8,10-14H2,1-6H3,(H,25,28). The highest BCUT2D eigenvalue weighted by Gasteiger charge is 2.49. The van der Waals surface area contributed by atoms with E-state index in [0.717, 1.165) is 32.1 Å². The second-order valence-electron chi connectivity index (χ2n) is 11.2. The van der Waals surface area contributed by atoms with E-state index in [1.165, 1.54) is 5.06 Å². The summed E-state index contributed by atoms with van der Waals surface area (Å²) >= 11 is 0. The normalized spacial score (nSPS) is 33.9. The molecule has 2 N–H and O–H groups in total. The predicted molar refractivity (Wildman–Crippen MR) is 114 cm³/mol. The van der Waals surface area contributed by atoms with E-state index in [4.69, 9.17) is 0 Å². The lowest BCUT2D eigenvalue weighted by molar-refractivity contribution is -0.246. The van der Waals surface area contributed by atoms with Crippen LogP contribution in [0.1, 0.15) is 80.1 Å². The number of nitrogens with one attached hydrogen (secondary N) is 1. The Labute approximate surface area is 176 Å². The van der Waals surface area contributed by atoms with E-state index in [9.17, 15) is 14.8 Å². The van der Waals surface area contributed by atoms with Crippen molar-refractivity contribution in [3.05, 3.63) is 12.2 Å². The first-order chi connectivity index (χ1) is 13.4. The number of carbonyl (C=O) groups is 2. The lowest BCUT2D eigenvalue weighted by atomic mass is 9.78. The molecule has 2 aliphatic carbocycles. The number of hydroxylamine groups is 2. The summed E-state index contributed by atoms with van der Waals surface area (Å²) in [6.07, 6.45) is 9.26. The summed E-state index contributed by atoms with van der Waals surface area (Å²) in [4.78, 5) is 24.3. The molecule has 5 atom stereocenters. The molecule has 0 spiro atoms. The van der Waals surface area contributed by atoms with Gasteiger partial charge in [-0.3, -0.25) is 9.59 Å². The average molecular weight is 405 g/mol. The smallest absolute Gasteiger partial charge is 0.223 e. The number of piperidine rings is 1. The van der Waals surface area contributed by atoms with Crippen molar-refractivity contribution in [2.24, 2.45) is 29.6 Å². The van der Waals surface area contributed by atoms with Gasteiger partial charge in [-0.2, -0.15) is 5.06 Å². The SMILES string of the molecule is CC(CC1C=CC(=O)CC1)C1CC1C(C)C(=O)NC1CC(C)(C)N(O)C(C)(C)C1.